The number of rotatable bonds is 8. The van der Waals surface area contributed by atoms with Crippen LogP contribution in [0.15, 0.2) is 48.5 Å². The molecule has 0 saturated carbocycles. The Balaban J connectivity index is 1.86. The van der Waals surface area contributed by atoms with Crippen LogP contribution in [0.4, 0.5) is 5.69 Å². The lowest BCUT2D eigenvalue weighted by molar-refractivity contribution is -0.122. The summed E-state index contributed by atoms with van der Waals surface area (Å²) < 4.78 is 11.5. The van der Waals surface area contributed by atoms with Crippen molar-refractivity contribution < 1.29 is 14.3 Å². The molecule has 2 aromatic rings. The van der Waals surface area contributed by atoms with Crippen LogP contribution in [-0.2, 0) is 10.2 Å². The van der Waals surface area contributed by atoms with E-state index in [4.69, 9.17) is 9.47 Å². The number of amides is 1. The summed E-state index contributed by atoms with van der Waals surface area (Å²) in [6.07, 6.45) is 0.423. The van der Waals surface area contributed by atoms with Gasteiger partial charge in [0.15, 0.2) is 6.10 Å². The van der Waals surface area contributed by atoms with E-state index in [1.54, 1.807) is 6.92 Å². The molecule has 0 radical (unpaired) electrons. The van der Waals surface area contributed by atoms with Gasteiger partial charge in [-0.3, -0.25) is 4.79 Å². The number of carbonyl (C=O) groups excluding carboxylic acids is 1. The monoisotopic (exact) mass is 383 g/mol. The van der Waals surface area contributed by atoms with Crippen molar-refractivity contribution in [2.24, 2.45) is 5.92 Å². The van der Waals surface area contributed by atoms with Gasteiger partial charge < -0.3 is 14.8 Å². The van der Waals surface area contributed by atoms with Gasteiger partial charge >= 0.3 is 0 Å². The van der Waals surface area contributed by atoms with Crippen molar-refractivity contribution in [2.45, 2.75) is 59.5 Å². The maximum absolute atomic E-state index is 12.4. The predicted molar refractivity (Wildman–Crippen MR) is 115 cm³/mol. The van der Waals surface area contributed by atoms with Gasteiger partial charge in [0.1, 0.15) is 11.5 Å². The number of hydrogen-bond donors (Lipinski definition) is 1. The van der Waals surface area contributed by atoms with E-state index in [0.29, 0.717) is 18.3 Å². The highest BCUT2D eigenvalue weighted by molar-refractivity contribution is 5.94. The molecule has 1 amide bonds. The third-order valence-electron chi connectivity index (χ3n) is 4.49. The van der Waals surface area contributed by atoms with E-state index in [1.807, 2.05) is 48.5 Å². The standard InChI is InChI=1S/C24H33NO3/c1-17(2)15-16-27-21-13-9-20(10-14-21)25-23(26)18(3)28-22-11-7-19(8-12-22)24(4,5)6/h7-14,17-18H,15-16H2,1-6H3,(H,25,26). The Hall–Kier alpha value is -2.49. The van der Waals surface area contributed by atoms with Crippen LogP contribution in [0.25, 0.3) is 0 Å². The zero-order chi connectivity index (χ0) is 20.7. The molecule has 0 aromatic heterocycles. The van der Waals surface area contributed by atoms with Crippen LogP contribution in [0.5, 0.6) is 11.5 Å². The van der Waals surface area contributed by atoms with Crippen LogP contribution in [0.2, 0.25) is 0 Å². The fourth-order valence-electron chi connectivity index (χ4n) is 2.58. The molecule has 2 aromatic carbocycles. The Morgan fingerprint density at radius 1 is 0.929 bits per heavy atom. The minimum absolute atomic E-state index is 0.0895. The molecule has 0 saturated heterocycles. The maximum Gasteiger partial charge on any atom is 0.265 e. The highest BCUT2D eigenvalue weighted by Gasteiger charge is 2.17. The van der Waals surface area contributed by atoms with E-state index in [1.165, 1.54) is 5.56 Å². The Labute approximate surface area is 169 Å². The van der Waals surface area contributed by atoms with Crippen LogP contribution in [0.3, 0.4) is 0 Å². The summed E-state index contributed by atoms with van der Waals surface area (Å²) in [5, 5.41) is 2.88. The van der Waals surface area contributed by atoms with E-state index in [-0.39, 0.29) is 11.3 Å². The zero-order valence-electron chi connectivity index (χ0n) is 17.9. The van der Waals surface area contributed by atoms with Gasteiger partial charge in [-0.15, -0.1) is 0 Å². The summed E-state index contributed by atoms with van der Waals surface area (Å²) in [7, 11) is 0. The molecule has 0 bridgehead atoms. The highest BCUT2D eigenvalue weighted by Crippen LogP contribution is 2.25. The molecule has 152 valence electrons. The van der Waals surface area contributed by atoms with E-state index >= 15 is 0 Å². The third-order valence-corrected chi connectivity index (χ3v) is 4.49. The topological polar surface area (TPSA) is 47.6 Å². The lowest BCUT2D eigenvalue weighted by atomic mass is 9.87. The first-order valence-corrected chi connectivity index (χ1v) is 9.96. The number of ether oxygens (including phenoxy) is 2. The molecule has 1 unspecified atom stereocenters. The van der Waals surface area contributed by atoms with Crippen LogP contribution < -0.4 is 14.8 Å². The summed E-state index contributed by atoms with van der Waals surface area (Å²) in [6, 6.07) is 15.3. The lowest BCUT2D eigenvalue weighted by Crippen LogP contribution is -2.30. The third kappa shape index (κ3) is 6.91. The molecular weight excluding hydrogens is 350 g/mol. The molecular formula is C24H33NO3. The minimum atomic E-state index is -0.595. The summed E-state index contributed by atoms with van der Waals surface area (Å²) in [6.45, 7) is 13.3. The number of carbonyl (C=O) groups is 1. The normalized spacial score (nSPS) is 12.5. The number of benzene rings is 2. The zero-order valence-corrected chi connectivity index (χ0v) is 17.9. The number of anilines is 1. The summed E-state index contributed by atoms with van der Waals surface area (Å²) >= 11 is 0. The van der Waals surface area contributed by atoms with Gasteiger partial charge in [0.05, 0.1) is 6.61 Å². The van der Waals surface area contributed by atoms with Gasteiger partial charge in [-0.25, -0.2) is 0 Å². The van der Waals surface area contributed by atoms with Gasteiger partial charge in [0.25, 0.3) is 5.91 Å². The predicted octanol–water partition coefficient (Wildman–Crippen LogP) is 5.82. The molecule has 28 heavy (non-hydrogen) atoms. The summed E-state index contributed by atoms with van der Waals surface area (Å²) in [4.78, 5) is 12.4. The van der Waals surface area contributed by atoms with Crippen LogP contribution in [0.1, 0.15) is 53.5 Å². The first-order chi connectivity index (χ1) is 13.1. The Bertz CT molecular complexity index is 743. The van der Waals surface area contributed by atoms with E-state index < -0.39 is 6.10 Å². The molecule has 4 heteroatoms. The molecule has 0 heterocycles. The van der Waals surface area contributed by atoms with Gasteiger partial charge in [-0.2, -0.15) is 0 Å². The average Bonchev–Trinajstić information content (AvgIpc) is 2.62. The summed E-state index contributed by atoms with van der Waals surface area (Å²) in [5.41, 5.74) is 2.04. The molecule has 0 aliphatic rings. The van der Waals surface area contributed by atoms with Gasteiger partial charge in [-0.1, -0.05) is 46.8 Å². The SMILES string of the molecule is CC(C)CCOc1ccc(NC(=O)C(C)Oc2ccc(C(C)(C)C)cc2)cc1. The van der Waals surface area contributed by atoms with Crippen LogP contribution >= 0.6 is 0 Å². The van der Waals surface area contributed by atoms with Gasteiger partial charge in [0.2, 0.25) is 0 Å². The highest BCUT2D eigenvalue weighted by atomic mass is 16.5. The average molecular weight is 384 g/mol. The molecule has 0 fully saturated rings. The van der Waals surface area contributed by atoms with Crippen molar-refractivity contribution in [2.75, 3.05) is 11.9 Å². The van der Waals surface area contributed by atoms with Crippen molar-refractivity contribution in [3.8, 4) is 11.5 Å². The van der Waals surface area contributed by atoms with E-state index in [2.05, 4.69) is 39.9 Å². The summed E-state index contributed by atoms with van der Waals surface area (Å²) in [5.74, 6) is 1.92. The number of nitrogens with one attached hydrogen (secondary N) is 1. The Morgan fingerprint density at radius 3 is 2.04 bits per heavy atom. The molecule has 4 nitrogen and oxygen atoms in total. The fourth-order valence-corrected chi connectivity index (χ4v) is 2.58. The van der Waals surface area contributed by atoms with Crippen molar-refractivity contribution in [3.63, 3.8) is 0 Å². The second kappa shape index (κ2) is 9.63. The first-order valence-electron chi connectivity index (χ1n) is 9.96. The molecule has 1 N–H and O–H groups in total. The van der Waals surface area contributed by atoms with E-state index in [9.17, 15) is 4.79 Å². The minimum Gasteiger partial charge on any atom is -0.494 e. The molecule has 2 rings (SSSR count). The van der Waals surface area contributed by atoms with Crippen LogP contribution in [-0.4, -0.2) is 18.6 Å². The Kier molecular flexibility index (Phi) is 7.50. The molecule has 0 spiro atoms. The Morgan fingerprint density at radius 2 is 1.50 bits per heavy atom. The second-order valence-corrected chi connectivity index (χ2v) is 8.58. The largest absolute Gasteiger partial charge is 0.494 e. The maximum atomic E-state index is 12.4. The molecule has 0 aliphatic heterocycles. The first kappa shape index (κ1) is 21.8. The van der Waals surface area contributed by atoms with Gasteiger partial charge in [-0.05, 0) is 66.6 Å². The van der Waals surface area contributed by atoms with Crippen molar-refractivity contribution in [1.29, 1.82) is 0 Å². The second-order valence-electron chi connectivity index (χ2n) is 8.58. The van der Waals surface area contributed by atoms with Crippen molar-refractivity contribution in [3.05, 3.63) is 54.1 Å². The lowest BCUT2D eigenvalue weighted by Gasteiger charge is -2.20. The van der Waals surface area contributed by atoms with Crippen molar-refractivity contribution >= 4 is 11.6 Å². The van der Waals surface area contributed by atoms with E-state index in [0.717, 1.165) is 17.9 Å². The van der Waals surface area contributed by atoms with Crippen LogP contribution in [0, 0.1) is 5.92 Å². The van der Waals surface area contributed by atoms with Crippen molar-refractivity contribution in [1.82, 2.24) is 0 Å². The van der Waals surface area contributed by atoms with Gasteiger partial charge in [0, 0.05) is 5.69 Å². The quantitative estimate of drug-likeness (QED) is 0.625. The molecule has 0 aliphatic carbocycles. The smallest absolute Gasteiger partial charge is 0.265 e. The molecule has 1 atom stereocenters. The fraction of sp³-hybridized carbons (Fsp3) is 0.458. The number of hydrogen-bond acceptors (Lipinski definition) is 3.